The van der Waals surface area contributed by atoms with Crippen LogP contribution in [0.5, 0.6) is 0 Å². The van der Waals surface area contributed by atoms with Crippen LogP contribution in [0.4, 0.5) is 10.1 Å². The Balaban J connectivity index is 1.55. The van der Waals surface area contributed by atoms with Crippen LogP contribution < -0.4 is 11.1 Å². The molecular formula is C18H16FIN4OS. The molecule has 0 radical (unpaired) electrons. The van der Waals surface area contributed by atoms with Crippen molar-refractivity contribution >= 4 is 55.9 Å². The van der Waals surface area contributed by atoms with Gasteiger partial charge in [-0.3, -0.25) is 4.79 Å². The monoisotopic (exact) mass is 482 g/mol. The van der Waals surface area contributed by atoms with Crippen LogP contribution in [0.15, 0.2) is 18.3 Å². The predicted molar refractivity (Wildman–Crippen MR) is 109 cm³/mol. The Kier molecular flexibility index (Phi) is 4.55. The lowest BCUT2D eigenvalue weighted by molar-refractivity contribution is 0.0938. The second-order valence-electron chi connectivity index (χ2n) is 6.46. The zero-order valence-electron chi connectivity index (χ0n) is 14.0. The van der Waals surface area contributed by atoms with Crippen molar-refractivity contribution in [2.24, 2.45) is 0 Å². The molecule has 0 spiro atoms. The van der Waals surface area contributed by atoms with Gasteiger partial charge in [0.15, 0.2) is 0 Å². The average molecular weight is 482 g/mol. The maximum atomic E-state index is 13.8. The van der Waals surface area contributed by atoms with Crippen molar-refractivity contribution in [1.82, 2.24) is 15.3 Å². The number of carbonyl (C=O) groups excluding carboxylic acids is 1. The molecular weight excluding hydrogens is 466 g/mol. The van der Waals surface area contributed by atoms with E-state index in [2.05, 4.69) is 15.3 Å². The average Bonchev–Trinajstić information content (AvgIpc) is 2.92. The summed E-state index contributed by atoms with van der Waals surface area (Å²) in [4.78, 5) is 22.5. The minimum absolute atomic E-state index is 0.0401. The molecule has 3 aromatic rings. The number of benzene rings is 1. The number of amides is 1. The van der Waals surface area contributed by atoms with E-state index in [1.807, 2.05) is 35.6 Å². The van der Waals surface area contributed by atoms with Crippen LogP contribution in [0, 0.1) is 16.3 Å². The molecule has 26 heavy (non-hydrogen) atoms. The van der Waals surface area contributed by atoms with Crippen molar-refractivity contribution in [2.45, 2.75) is 32.2 Å². The van der Waals surface area contributed by atoms with Crippen LogP contribution in [0.2, 0.25) is 0 Å². The summed E-state index contributed by atoms with van der Waals surface area (Å²) < 4.78 is 14.5. The topological polar surface area (TPSA) is 80.9 Å². The van der Waals surface area contributed by atoms with Gasteiger partial charge in [-0.2, -0.15) is 0 Å². The quantitative estimate of drug-likeness (QED) is 0.547. The smallest absolute Gasteiger partial charge is 0.263 e. The summed E-state index contributed by atoms with van der Waals surface area (Å²) in [6.45, 7) is 1.85. The van der Waals surface area contributed by atoms with E-state index < -0.39 is 0 Å². The molecule has 0 bridgehead atoms. The SMILES string of the molecule is Cc1cnc2c(N)c(C(=O)N[C@H]3CCc4cc(I)c(F)cc4C3)sc2n1. The van der Waals surface area contributed by atoms with Gasteiger partial charge in [-0.25, -0.2) is 14.4 Å². The van der Waals surface area contributed by atoms with Crippen LogP contribution in [-0.4, -0.2) is 21.9 Å². The summed E-state index contributed by atoms with van der Waals surface area (Å²) in [6.07, 6.45) is 3.90. The number of nitrogens with two attached hydrogens (primary N) is 1. The largest absolute Gasteiger partial charge is 0.396 e. The van der Waals surface area contributed by atoms with Gasteiger partial charge in [0.05, 0.1) is 11.4 Å². The Hall–Kier alpha value is -1.81. The number of fused-ring (bicyclic) bond motifs is 2. The third-order valence-electron chi connectivity index (χ3n) is 4.57. The molecule has 3 N–H and O–H groups in total. The number of aromatic nitrogens is 2. The number of nitrogen functional groups attached to an aromatic ring is 1. The lowest BCUT2D eigenvalue weighted by atomic mass is 9.88. The van der Waals surface area contributed by atoms with E-state index in [0.717, 1.165) is 29.7 Å². The molecule has 0 saturated heterocycles. The Morgan fingerprint density at radius 2 is 2.23 bits per heavy atom. The van der Waals surface area contributed by atoms with E-state index >= 15 is 0 Å². The van der Waals surface area contributed by atoms with Gasteiger partial charge < -0.3 is 11.1 Å². The molecule has 1 aliphatic carbocycles. The van der Waals surface area contributed by atoms with Crippen LogP contribution in [-0.2, 0) is 12.8 Å². The first-order valence-corrected chi connectivity index (χ1v) is 10.1. The van der Waals surface area contributed by atoms with Gasteiger partial charge in [0, 0.05) is 15.8 Å². The molecule has 1 aliphatic rings. The standard InChI is InChI=1S/C18H16FIN4OS/c1-8-7-22-15-14(21)16(26-18(15)23-8)17(25)24-11-3-2-9-6-13(20)12(19)5-10(9)4-11/h5-7,11H,2-4,21H2,1H3,(H,24,25)/t11-/m0/s1. The highest BCUT2D eigenvalue weighted by molar-refractivity contribution is 14.1. The van der Waals surface area contributed by atoms with Crippen molar-refractivity contribution in [3.63, 3.8) is 0 Å². The third kappa shape index (κ3) is 3.16. The van der Waals surface area contributed by atoms with Gasteiger partial charge in [-0.15, -0.1) is 11.3 Å². The second kappa shape index (κ2) is 6.73. The fourth-order valence-electron chi connectivity index (χ4n) is 3.26. The van der Waals surface area contributed by atoms with E-state index in [0.29, 0.717) is 30.9 Å². The van der Waals surface area contributed by atoms with Crippen LogP contribution in [0.25, 0.3) is 10.3 Å². The first-order chi connectivity index (χ1) is 12.4. The van der Waals surface area contributed by atoms with Crippen molar-refractivity contribution in [3.8, 4) is 0 Å². The van der Waals surface area contributed by atoms with E-state index in [1.165, 1.54) is 11.3 Å². The van der Waals surface area contributed by atoms with E-state index in [-0.39, 0.29) is 17.8 Å². The third-order valence-corrected chi connectivity index (χ3v) is 6.49. The molecule has 0 saturated carbocycles. The number of anilines is 1. The molecule has 0 fully saturated rings. The highest BCUT2D eigenvalue weighted by atomic mass is 127. The highest BCUT2D eigenvalue weighted by Gasteiger charge is 2.25. The first kappa shape index (κ1) is 17.6. The number of carbonyl (C=O) groups is 1. The first-order valence-electron chi connectivity index (χ1n) is 8.21. The Labute approximate surface area is 167 Å². The van der Waals surface area contributed by atoms with Gasteiger partial charge in [0.1, 0.15) is 21.0 Å². The van der Waals surface area contributed by atoms with E-state index in [9.17, 15) is 9.18 Å². The molecule has 1 aromatic carbocycles. The number of nitrogens with one attached hydrogen (secondary N) is 1. The highest BCUT2D eigenvalue weighted by Crippen LogP contribution is 2.31. The summed E-state index contributed by atoms with van der Waals surface area (Å²) >= 11 is 3.26. The number of nitrogens with zero attached hydrogens (tertiary/aromatic N) is 2. The predicted octanol–water partition coefficient (Wildman–Crippen LogP) is 3.61. The second-order valence-corrected chi connectivity index (χ2v) is 8.62. The molecule has 2 aromatic heterocycles. The molecule has 134 valence electrons. The normalized spacial score (nSPS) is 16.5. The maximum Gasteiger partial charge on any atom is 0.263 e. The molecule has 1 atom stereocenters. The Bertz CT molecular complexity index is 1040. The summed E-state index contributed by atoms with van der Waals surface area (Å²) in [7, 11) is 0. The molecule has 4 rings (SSSR count). The van der Waals surface area contributed by atoms with Gasteiger partial charge in [-0.05, 0) is 72.0 Å². The fraction of sp³-hybridized carbons (Fsp3) is 0.278. The van der Waals surface area contributed by atoms with Gasteiger partial charge in [-0.1, -0.05) is 0 Å². The van der Waals surface area contributed by atoms with E-state index in [1.54, 1.807) is 12.3 Å². The summed E-state index contributed by atoms with van der Waals surface area (Å²) in [6, 6.07) is 3.44. The molecule has 0 unspecified atom stereocenters. The maximum absolute atomic E-state index is 13.8. The minimum Gasteiger partial charge on any atom is -0.396 e. The molecule has 8 heteroatoms. The van der Waals surface area contributed by atoms with Gasteiger partial charge >= 0.3 is 0 Å². The van der Waals surface area contributed by atoms with Gasteiger partial charge in [0.2, 0.25) is 0 Å². The zero-order valence-corrected chi connectivity index (χ0v) is 16.9. The number of halogens is 2. The zero-order chi connectivity index (χ0) is 18.4. The van der Waals surface area contributed by atoms with Crippen molar-refractivity contribution in [1.29, 1.82) is 0 Å². The van der Waals surface area contributed by atoms with Crippen molar-refractivity contribution in [3.05, 3.63) is 49.4 Å². The van der Waals surface area contributed by atoms with Crippen molar-refractivity contribution in [2.75, 3.05) is 5.73 Å². The molecule has 1 amide bonds. The lowest BCUT2D eigenvalue weighted by Gasteiger charge is -2.25. The summed E-state index contributed by atoms with van der Waals surface area (Å²) in [5.41, 5.74) is 9.94. The summed E-state index contributed by atoms with van der Waals surface area (Å²) in [5.74, 6) is -0.429. The number of aryl methyl sites for hydroxylation is 2. The number of hydrogen-bond acceptors (Lipinski definition) is 5. The summed E-state index contributed by atoms with van der Waals surface area (Å²) in [5, 5.41) is 3.04. The minimum atomic E-state index is -0.218. The molecule has 2 heterocycles. The van der Waals surface area contributed by atoms with Crippen LogP contribution in [0.3, 0.4) is 0 Å². The fourth-order valence-corrected chi connectivity index (χ4v) is 4.79. The number of thiophene rings is 1. The Morgan fingerprint density at radius 3 is 3.04 bits per heavy atom. The molecule has 0 aliphatic heterocycles. The number of rotatable bonds is 2. The number of hydrogen-bond donors (Lipinski definition) is 2. The van der Waals surface area contributed by atoms with E-state index in [4.69, 9.17) is 5.73 Å². The van der Waals surface area contributed by atoms with Crippen LogP contribution in [0.1, 0.15) is 32.9 Å². The lowest BCUT2D eigenvalue weighted by Crippen LogP contribution is -2.38. The van der Waals surface area contributed by atoms with Gasteiger partial charge in [0.25, 0.3) is 5.91 Å². The van der Waals surface area contributed by atoms with Crippen LogP contribution >= 0.6 is 33.9 Å². The Morgan fingerprint density at radius 1 is 1.42 bits per heavy atom. The van der Waals surface area contributed by atoms with Crippen molar-refractivity contribution < 1.29 is 9.18 Å². The molecule has 5 nitrogen and oxygen atoms in total.